The normalized spacial score (nSPS) is 11.8. The van der Waals surface area contributed by atoms with Crippen molar-refractivity contribution < 1.29 is 27.6 Å². The summed E-state index contributed by atoms with van der Waals surface area (Å²) in [5.41, 5.74) is 0. The van der Waals surface area contributed by atoms with Crippen LogP contribution in [0.3, 0.4) is 0 Å². The van der Waals surface area contributed by atoms with E-state index in [1.165, 1.54) is 25.7 Å². The van der Waals surface area contributed by atoms with Crippen LogP contribution in [0.5, 0.6) is 0 Å². The van der Waals surface area contributed by atoms with Gasteiger partial charge in [0.25, 0.3) is 0 Å². The molecule has 0 bridgehead atoms. The average molecular weight is 387 g/mol. The van der Waals surface area contributed by atoms with Crippen LogP contribution in [0, 0.1) is 0 Å². The minimum atomic E-state index is -2.76. The number of rotatable bonds is 15. The minimum Gasteiger partial charge on any atom is -0.309 e. The first-order chi connectivity index (χ1) is 11.5. The molecular weight excluding hydrogens is 350 g/mol. The standard InChI is InChI=1S/C10H23O3P.C6H13O3P/c1-4-7-8-9-10-14(11,12-5-2)13-6-3;1-2-3-4-5-6-9-10(7)8/h4-10H2,1-3H3;2-6H2,1H3/p+1. The topological polar surface area (TPSA) is 82.1 Å². The van der Waals surface area contributed by atoms with Gasteiger partial charge in [0, 0.05) is 4.57 Å². The van der Waals surface area contributed by atoms with E-state index in [0.717, 1.165) is 25.7 Å². The SMILES string of the molecule is CCCCCCO[P+](=O)O.CCCCCCP(=O)(OCC)OCC. The molecule has 1 atom stereocenters. The van der Waals surface area contributed by atoms with Gasteiger partial charge in [-0.15, -0.1) is 9.42 Å². The lowest BCUT2D eigenvalue weighted by molar-refractivity contribution is 0.219. The van der Waals surface area contributed by atoms with Gasteiger partial charge in [-0.3, -0.25) is 4.57 Å². The lowest BCUT2D eigenvalue weighted by Gasteiger charge is -2.16. The molecule has 0 aliphatic heterocycles. The fourth-order valence-corrected chi connectivity index (χ4v) is 3.98. The highest BCUT2D eigenvalue weighted by Gasteiger charge is 2.22. The van der Waals surface area contributed by atoms with Crippen LogP contribution in [-0.4, -0.2) is 30.9 Å². The van der Waals surface area contributed by atoms with E-state index in [9.17, 15) is 9.13 Å². The maximum atomic E-state index is 11.9. The monoisotopic (exact) mass is 387 g/mol. The van der Waals surface area contributed by atoms with E-state index in [1.807, 2.05) is 13.8 Å². The van der Waals surface area contributed by atoms with Crippen LogP contribution < -0.4 is 0 Å². The van der Waals surface area contributed by atoms with Crippen molar-refractivity contribution in [1.29, 1.82) is 0 Å². The Labute approximate surface area is 149 Å². The second-order valence-corrected chi connectivity index (χ2v) is 8.28. The van der Waals surface area contributed by atoms with Crippen molar-refractivity contribution in [3.05, 3.63) is 0 Å². The van der Waals surface area contributed by atoms with Crippen molar-refractivity contribution in [3.8, 4) is 0 Å². The molecule has 0 aromatic rings. The quantitative estimate of drug-likeness (QED) is 0.271. The van der Waals surface area contributed by atoms with Crippen LogP contribution in [-0.2, 0) is 22.7 Å². The Balaban J connectivity index is 0. The Bertz CT molecular complexity index is 316. The molecule has 0 aromatic heterocycles. The first-order valence-electron chi connectivity index (χ1n) is 9.12. The maximum absolute atomic E-state index is 11.9. The summed E-state index contributed by atoms with van der Waals surface area (Å²) in [5.74, 6) is 0. The van der Waals surface area contributed by atoms with Crippen molar-refractivity contribution in [2.75, 3.05) is 26.0 Å². The van der Waals surface area contributed by atoms with Gasteiger partial charge in [0.1, 0.15) is 6.61 Å². The molecule has 0 aliphatic rings. The van der Waals surface area contributed by atoms with E-state index in [0.29, 0.717) is 26.0 Å². The Morgan fingerprint density at radius 1 is 0.833 bits per heavy atom. The summed E-state index contributed by atoms with van der Waals surface area (Å²) in [4.78, 5) is 8.20. The van der Waals surface area contributed by atoms with Crippen LogP contribution in [0.25, 0.3) is 0 Å². The highest BCUT2D eigenvalue weighted by molar-refractivity contribution is 7.53. The fourth-order valence-electron chi connectivity index (χ4n) is 1.96. The summed E-state index contributed by atoms with van der Waals surface area (Å²) < 4.78 is 36.7. The largest absolute Gasteiger partial charge is 0.694 e. The molecule has 0 radical (unpaired) electrons. The molecule has 0 aliphatic carbocycles. The molecule has 1 N–H and O–H groups in total. The molecule has 8 heteroatoms. The molecule has 0 aromatic carbocycles. The van der Waals surface area contributed by atoms with E-state index in [4.69, 9.17) is 13.9 Å². The van der Waals surface area contributed by atoms with Gasteiger partial charge in [-0.2, -0.15) is 0 Å². The van der Waals surface area contributed by atoms with Crippen molar-refractivity contribution in [3.63, 3.8) is 0 Å². The Morgan fingerprint density at radius 2 is 1.33 bits per heavy atom. The second-order valence-electron chi connectivity index (χ2n) is 5.36. The first-order valence-corrected chi connectivity index (χ1v) is 12.0. The molecule has 146 valence electrons. The zero-order valence-electron chi connectivity index (χ0n) is 15.9. The van der Waals surface area contributed by atoms with E-state index in [-0.39, 0.29) is 0 Å². The Kier molecular flexibility index (Phi) is 21.4. The van der Waals surface area contributed by atoms with Crippen molar-refractivity contribution in [2.24, 2.45) is 0 Å². The zero-order valence-corrected chi connectivity index (χ0v) is 17.7. The summed E-state index contributed by atoms with van der Waals surface area (Å²) in [6.45, 7) is 9.30. The fraction of sp³-hybridized carbons (Fsp3) is 1.00. The molecule has 24 heavy (non-hydrogen) atoms. The first kappa shape index (κ1) is 26.4. The summed E-state index contributed by atoms with van der Waals surface area (Å²) >= 11 is 0. The molecule has 6 nitrogen and oxygen atoms in total. The summed E-state index contributed by atoms with van der Waals surface area (Å²) in [5, 5.41) is 0. The number of hydrogen-bond donors (Lipinski definition) is 1. The van der Waals surface area contributed by atoms with E-state index in [2.05, 4.69) is 18.4 Å². The summed E-state index contributed by atoms with van der Waals surface area (Å²) in [6.07, 6.45) is 9.30. The van der Waals surface area contributed by atoms with Gasteiger partial charge in [0.15, 0.2) is 0 Å². The lowest BCUT2D eigenvalue weighted by Crippen LogP contribution is -2.00. The van der Waals surface area contributed by atoms with Gasteiger partial charge >= 0.3 is 15.9 Å². The van der Waals surface area contributed by atoms with Crippen molar-refractivity contribution >= 4 is 15.9 Å². The Hall–Kier alpha value is 0.170. The summed E-state index contributed by atoms with van der Waals surface area (Å²) in [7, 11) is -5.13. The van der Waals surface area contributed by atoms with Gasteiger partial charge < -0.3 is 9.05 Å². The Morgan fingerprint density at radius 3 is 1.75 bits per heavy atom. The number of hydrogen-bond acceptors (Lipinski definition) is 5. The van der Waals surface area contributed by atoms with Crippen LogP contribution in [0.15, 0.2) is 0 Å². The lowest BCUT2D eigenvalue weighted by atomic mass is 10.2. The molecule has 0 saturated carbocycles. The average Bonchev–Trinajstić information content (AvgIpc) is 2.52. The van der Waals surface area contributed by atoms with Crippen molar-refractivity contribution in [2.45, 2.75) is 79.1 Å². The molecule has 0 heterocycles. The van der Waals surface area contributed by atoms with E-state index < -0.39 is 15.9 Å². The smallest absolute Gasteiger partial charge is 0.309 e. The maximum Gasteiger partial charge on any atom is 0.694 e. The van der Waals surface area contributed by atoms with Crippen LogP contribution in [0.4, 0.5) is 0 Å². The molecular formula is C16H37O6P2+. The third kappa shape index (κ3) is 20.2. The third-order valence-corrected chi connectivity index (χ3v) is 5.71. The van der Waals surface area contributed by atoms with E-state index >= 15 is 0 Å². The third-order valence-electron chi connectivity index (χ3n) is 3.14. The molecule has 0 rings (SSSR count). The molecule has 0 fully saturated rings. The highest BCUT2D eigenvalue weighted by Crippen LogP contribution is 2.48. The molecule has 0 saturated heterocycles. The molecule has 0 amide bonds. The van der Waals surface area contributed by atoms with E-state index in [1.54, 1.807) is 0 Å². The van der Waals surface area contributed by atoms with Crippen LogP contribution in [0.2, 0.25) is 0 Å². The van der Waals surface area contributed by atoms with Gasteiger partial charge in [-0.05, 0) is 26.7 Å². The van der Waals surface area contributed by atoms with Gasteiger partial charge in [-0.1, -0.05) is 52.4 Å². The predicted molar refractivity (Wildman–Crippen MR) is 99.8 cm³/mol. The second kappa shape index (κ2) is 19.5. The van der Waals surface area contributed by atoms with Crippen LogP contribution in [0.1, 0.15) is 79.1 Å². The molecule has 1 unspecified atom stereocenters. The van der Waals surface area contributed by atoms with Gasteiger partial charge in [0.2, 0.25) is 0 Å². The van der Waals surface area contributed by atoms with Gasteiger partial charge in [0.05, 0.1) is 19.4 Å². The predicted octanol–water partition coefficient (Wildman–Crippen LogP) is 6.07. The van der Waals surface area contributed by atoms with Gasteiger partial charge in [-0.25, -0.2) is 0 Å². The highest BCUT2D eigenvalue weighted by atomic mass is 31.2. The number of unbranched alkanes of at least 4 members (excludes halogenated alkanes) is 6. The van der Waals surface area contributed by atoms with Crippen molar-refractivity contribution in [1.82, 2.24) is 0 Å². The minimum absolute atomic E-state index is 0.408. The summed E-state index contributed by atoms with van der Waals surface area (Å²) in [6, 6.07) is 0. The van der Waals surface area contributed by atoms with Crippen LogP contribution >= 0.6 is 15.9 Å². The zero-order chi connectivity index (χ0) is 18.7. The molecule has 0 spiro atoms.